The summed E-state index contributed by atoms with van der Waals surface area (Å²) in [5.41, 5.74) is -8.19. The zero-order valence-corrected chi connectivity index (χ0v) is 26.6. The molecule has 2 atom stereocenters. The average Bonchev–Trinajstić information content (AvgIpc) is 3.52. The second-order valence-corrected chi connectivity index (χ2v) is 14.0. The van der Waals surface area contributed by atoms with Crippen molar-refractivity contribution in [3.8, 4) is 0 Å². The van der Waals surface area contributed by atoms with E-state index in [0.717, 1.165) is 47.4 Å². The maximum Gasteiger partial charge on any atom is 0.430 e. The van der Waals surface area contributed by atoms with Crippen molar-refractivity contribution >= 4 is 15.9 Å². The molecule has 2 amide bonds. The molecule has 0 spiro atoms. The van der Waals surface area contributed by atoms with E-state index in [1.54, 1.807) is 0 Å². The lowest BCUT2D eigenvalue weighted by atomic mass is 9.88. The van der Waals surface area contributed by atoms with Gasteiger partial charge >= 0.3 is 18.4 Å². The van der Waals surface area contributed by atoms with Crippen molar-refractivity contribution in [3.05, 3.63) is 101 Å². The molecule has 0 bridgehead atoms. The summed E-state index contributed by atoms with van der Waals surface area (Å²) < 4.78 is 165. The Labute approximate surface area is 279 Å². The molecular weight excluding hydrogens is 711 g/mol. The summed E-state index contributed by atoms with van der Waals surface area (Å²) in [6.07, 6.45) is -12.9. The summed E-state index contributed by atoms with van der Waals surface area (Å²) >= 11 is 0. The molecule has 1 unspecified atom stereocenters. The molecule has 50 heavy (non-hydrogen) atoms. The maximum atomic E-state index is 14.5. The normalized spacial score (nSPS) is 20.7. The molecule has 3 aromatic carbocycles. The maximum absolute atomic E-state index is 14.5. The molecule has 8 nitrogen and oxygen atoms in total. The van der Waals surface area contributed by atoms with Gasteiger partial charge in [-0.05, 0) is 48.4 Å². The lowest BCUT2D eigenvalue weighted by Crippen LogP contribution is -2.56. The number of urea groups is 1. The molecule has 2 aliphatic rings. The quantitative estimate of drug-likeness (QED) is 0.231. The highest BCUT2D eigenvalue weighted by Crippen LogP contribution is 2.54. The number of amides is 2. The fourth-order valence-electron chi connectivity index (χ4n) is 6.23. The van der Waals surface area contributed by atoms with E-state index >= 15 is 0 Å². The molecule has 1 N–H and O–H groups in total. The van der Waals surface area contributed by atoms with Crippen molar-refractivity contribution < 1.29 is 67.3 Å². The Morgan fingerprint density at radius 2 is 1.50 bits per heavy atom. The number of alkyl halides is 6. The van der Waals surface area contributed by atoms with Gasteiger partial charge in [0.05, 0.1) is 37.4 Å². The van der Waals surface area contributed by atoms with E-state index in [2.05, 4.69) is 4.74 Å². The summed E-state index contributed by atoms with van der Waals surface area (Å²) in [6, 6.07) is 6.34. The van der Waals surface area contributed by atoms with E-state index < -0.39 is 97.8 Å². The smallest absolute Gasteiger partial charge is 0.394 e. The van der Waals surface area contributed by atoms with Crippen LogP contribution >= 0.6 is 0 Å². The van der Waals surface area contributed by atoms with Gasteiger partial charge in [-0.15, -0.1) is 0 Å². The number of benzene rings is 3. The number of aliphatic hydroxyl groups excluding tert-OH is 1. The molecule has 2 saturated heterocycles. The first kappa shape index (κ1) is 37.4. The van der Waals surface area contributed by atoms with Gasteiger partial charge in [0.1, 0.15) is 22.2 Å². The molecule has 2 aliphatic heterocycles. The second kappa shape index (κ2) is 13.7. The molecule has 0 aromatic heterocycles. The summed E-state index contributed by atoms with van der Waals surface area (Å²) in [5.74, 6) is -3.69. The summed E-state index contributed by atoms with van der Waals surface area (Å²) in [5, 5.41) is 9.74. The van der Waals surface area contributed by atoms with Gasteiger partial charge in [0.15, 0.2) is 9.84 Å². The Balaban J connectivity index is 1.60. The molecule has 272 valence electrons. The minimum absolute atomic E-state index is 0.0116. The number of carbonyl (C=O) groups excluding carboxylic acids is 1. The van der Waals surface area contributed by atoms with Gasteiger partial charge in [-0.1, -0.05) is 30.3 Å². The van der Waals surface area contributed by atoms with Gasteiger partial charge in [-0.3, -0.25) is 0 Å². The summed E-state index contributed by atoms with van der Waals surface area (Å²) in [4.78, 5) is 15.5. The number of hydrogen-bond acceptors (Lipinski definition) is 6. The minimum Gasteiger partial charge on any atom is -0.394 e. The molecule has 0 saturated carbocycles. The first-order chi connectivity index (χ1) is 23.4. The van der Waals surface area contributed by atoms with Crippen molar-refractivity contribution in [2.24, 2.45) is 0 Å². The Hall–Kier alpha value is -3.87. The van der Waals surface area contributed by atoms with Gasteiger partial charge < -0.3 is 24.4 Å². The zero-order chi connectivity index (χ0) is 36.7. The number of carbonyl (C=O) groups is 1. The third-order valence-corrected chi connectivity index (χ3v) is 11.4. The Morgan fingerprint density at radius 1 is 0.900 bits per heavy atom. The summed E-state index contributed by atoms with van der Waals surface area (Å²) in [7, 11) is -4.66. The van der Waals surface area contributed by atoms with E-state index in [0.29, 0.717) is 24.3 Å². The molecular formula is C32H29F9N2O6S. The highest BCUT2D eigenvalue weighted by Gasteiger charge is 2.73. The predicted octanol–water partition coefficient (Wildman–Crippen LogP) is 5.83. The minimum atomic E-state index is -6.25. The largest absolute Gasteiger partial charge is 0.430 e. The number of ether oxygens (including phenoxy) is 2. The van der Waals surface area contributed by atoms with Gasteiger partial charge in [-0.25, -0.2) is 26.4 Å². The number of nitrogens with zero attached hydrogens (tertiary/aromatic N) is 2. The van der Waals surface area contributed by atoms with E-state index in [1.807, 2.05) is 0 Å². The van der Waals surface area contributed by atoms with E-state index in [9.17, 15) is 57.8 Å². The van der Waals surface area contributed by atoms with Crippen LogP contribution in [0.5, 0.6) is 0 Å². The van der Waals surface area contributed by atoms with Crippen LogP contribution in [-0.4, -0.2) is 87.2 Å². The van der Waals surface area contributed by atoms with Crippen molar-refractivity contribution in [1.82, 2.24) is 9.80 Å². The standard InChI is InChI=1S/C32H29F9N2O6S/c33-22-8-10-24(11-9-22)50(46,47)29(12-13-42(19-29)28(45)43-14-15-48-17-23(43)16-44)20-4-6-21(7-5-20)30(31(36,37)38,32(39,40)41)49-18-25-26(34)2-1-3-27(25)35/h1-11,23,44H,12-19H2/t23?,29-/m1/s1. The van der Waals surface area contributed by atoms with E-state index in [4.69, 9.17) is 4.74 Å². The van der Waals surface area contributed by atoms with Crippen LogP contribution in [0.15, 0.2) is 71.6 Å². The SMILES string of the molecule is O=C(N1CC[C@@](c2ccc(C(OCc3c(F)cccc3F)(C(F)(F)F)C(F)(F)F)cc2)(S(=O)(=O)c2ccc(F)cc2)C1)N1CCOCC1CO. The topological polar surface area (TPSA) is 96.4 Å². The molecule has 2 fully saturated rings. The molecule has 3 aromatic rings. The predicted molar refractivity (Wildman–Crippen MR) is 157 cm³/mol. The first-order valence-electron chi connectivity index (χ1n) is 15.0. The number of halogens is 9. The summed E-state index contributed by atoms with van der Waals surface area (Å²) in [6.45, 7) is -2.97. The molecule has 5 rings (SSSR count). The first-order valence-corrected chi connectivity index (χ1v) is 16.4. The van der Waals surface area contributed by atoms with Crippen LogP contribution in [0.4, 0.5) is 44.3 Å². The van der Waals surface area contributed by atoms with Crippen LogP contribution in [0.1, 0.15) is 23.1 Å². The second-order valence-electron chi connectivity index (χ2n) is 11.8. The number of sulfone groups is 1. The Morgan fingerprint density at radius 3 is 2.06 bits per heavy atom. The van der Waals surface area contributed by atoms with E-state index in [1.165, 1.54) is 4.90 Å². The lowest BCUT2D eigenvalue weighted by Gasteiger charge is -2.38. The van der Waals surface area contributed by atoms with Gasteiger partial charge in [0.25, 0.3) is 5.60 Å². The molecule has 18 heteroatoms. The zero-order valence-electron chi connectivity index (χ0n) is 25.8. The van der Waals surface area contributed by atoms with Crippen molar-refractivity contribution in [3.63, 3.8) is 0 Å². The number of likely N-dealkylation sites (tertiary alicyclic amines) is 1. The van der Waals surface area contributed by atoms with Crippen LogP contribution in [0, 0.1) is 17.5 Å². The van der Waals surface area contributed by atoms with Crippen LogP contribution < -0.4 is 0 Å². The van der Waals surface area contributed by atoms with Crippen molar-refractivity contribution in [2.75, 3.05) is 39.5 Å². The van der Waals surface area contributed by atoms with Crippen LogP contribution in [0.3, 0.4) is 0 Å². The van der Waals surface area contributed by atoms with Gasteiger partial charge in [-0.2, -0.15) is 26.3 Å². The van der Waals surface area contributed by atoms with Crippen LogP contribution in [-0.2, 0) is 36.3 Å². The van der Waals surface area contributed by atoms with Crippen LogP contribution in [0.2, 0.25) is 0 Å². The third kappa shape index (κ3) is 6.41. The van der Waals surface area contributed by atoms with Gasteiger partial charge in [0.2, 0.25) is 0 Å². The average molecular weight is 741 g/mol. The fraction of sp³-hybridized carbons (Fsp3) is 0.406. The highest BCUT2D eigenvalue weighted by molar-refractivity contribution is 7.92. The number of hydrogen-bond donors (Lipinski definition) is 1. The number of rotatable bonds is 8. The highest BCUT2D eigenvalue weighted by atomic mass is 32.2. The third-order valence-electron chi connectivity index (χ3n) is 8.94. The van der Waals surface area contributed by atoms with E-state index in [-0.39, 0.29) is 38.3 Å². The molecule has 2 heterocycles. The van der Waals surface area contributed by atoms with Crippen molar-refractivity contribution in [2.45, 2.75) is 46.7 Å². The van der Waals surface area contributed by atoms with Gasteiger partial charge in [0, 0.05) is 30.8 Å². The van der Waals surface area contributed by atoms with Crippen molar-refractivity contribution in [1.29, 1.82) is 0 Å². The fourth-order valence-corrected chi connectivity index (χ4v) is 8.31. The number of aliphatic hydroxyl groups is 1. The lowest BCUT2D eigenvalue weighted by molar-refractivity contribution is -0.392. The van der Waals surface area contributed by atoms with Crippen LogP contribution in [0.25, 0.3) is 0 Å². The Kier molecular flexibility index (Phi) is 10.2. The Bertz CT molecular complexity index is 1770. The molecule has 0 aliphatic carbocycles. The monoisotopic (exact) mass is 740 g/mol. The molecule has 0 radical (unpaired) electrons. The number of morpholine rings is 1.